The largest absolute Gasteiger partial charge is 0.482 e. The SMILES string of the molecule is CC(C)(C)c1ccccc1OCC(=O)OCC(=O)Nc1nnc(-c2ccccc2)o1. The molecule has 0 unspecified atom stereocenters. The third kappa shape index (κ3) is 5.66. The summed E-state index contributed by atoms with van der Waals surface area (Å²) in [5.74, 6) is -0.384. The van der Waals surface area contributed by atoms with Gasteiger partial charge in [0.1, 0.15) is 5.75 Å². The number of anilines is 1. The fraction of sp³-hybridized carbons (Fsp3) is 0.273. The summed E-state index contributed by atoms with van der Waals surface area (Å²) in [7, 11) is 0. The molecule has 1 amide bonds. The number of esters is 1. The Kier molecular flexibility index (Phi) is 6.46. The second kappa shape index (κ2) is 9.21. The minimum absolute atomic E-state index is 0.0785. The lowest BCUT2D eigenvalue weighted by atomic mass is 9.86. The van der Waals surface area contributed by atoms with E-state index in [2.05, 4.69) is 36.3 Å². The molecule has 3 aromatic rings. The van der Waals surface area contributed by atoms with Crippen LogP contribution in [0, 0.1) is 0 Å². The second-order valence-electron chi connectivity index (χ2n) is 7.52. The summed E-state index contributed by atoms with van der Waals surface area (Å²) in [5.41, 5.74) is 1.56. The molecule has 1 heterocycles. The number of rotatable bonds is 7. The summed E-state index contributed by atoms with van der Waals surface area (Å²) in [6.45, 7) is 5.36. The molecule has 3 rings (SSSR count). The zero-order chi connectivity index (χ0) is 21.6. The molecule has 8 nitrogen and oxygen atoms in total. The standard InChI is InChI=1S/C22H23N3O5/c1-22(2,3)16-11-7-8-12-17(16)28-14-19(27)29-13-18(26)23-21-25-24-20(30-21)15-9-5-4-6-10-15/h4-12H,13-14H2,1-3H3,(H,23,25,26). The van der Waals surface area contributed by atoms with E-state index in [1.165, 1.54) is 0 Å². The van der Waals surface area contributed by atoms with Gasteiger partial charge in [0, 0.05) is 5.56 Å². The minimum atomic E-state index is -0.663. The van der Waals surface area contributed by atoms with Gasteiger partial charge in [-0.25, -0.2) is 4.79 Å². The molecule has 0 saturated heterocycles. The van der Waals surface area contributed by atoms with Gasteiger partial charge in [0.05, 0.1) is 0 Å². The highest BCUT2D eigenvalue weighted by atomic mass is 16.6. The van der Waals surface area contributed by atoms with Gasteiger partial charge in [-0.3, -0.25) is 10.1 Å². The Morgan fingerprint density at radius 3 is 2.40 bits per heavy atom. The molecule has 0 aliphatic carbocycles. The van der Waals surface area contributed by atoms with E-state index >= 15 is 0 Å². The van der Waals surface area contributed by atoms with Crippen LogP contribution in [-0.4, -0.2) is 35.3 Å². The second-order valence-corrected chi connectivity index (χ2v) is 7.52. The number of aromatic nitrogens is 2. The van der Waals surface area contributed by atoms with Gasteiger partial charge in [-0.2, -0.15) is 0 Å². The van der Waals surface area contributed by atoms with Gasteiger partial charge in [-0.05, 0) is 29.2 Å². The van der Waals surface area contributed by atoms with E-state index in [0.717, 1.165) is 11.1 Å². The first-order valence-corrected chi connectivity index (χ1v) is 9.39. The molecular weight excluding hydrogens is 386 g/mol. The molecule has 0 aliphatic heterocycles. The van der Waals surface area contributed by atoms with E-state index in [-0.39, 0.29) is 23.9 Å². The van der Waals surface area contributed by atoms with Crippen LogP contribution in [-0.2, 0) is 19.7 Å². The van der Waals surface area contributed by atoms with E-state index in [1.807, 2.05) is 36.4 Å². The molecule has 0 radical (unpaired) electrons. The molecule has 156 valence electrons. The first-order chi connectivity index (χ1) is 14.3. The number of nitrogens with zero attached hydrogens (tertiary/aromatic N) is 2. The topological polar surface area (TPSA) is 104 Å². The summed E-state index contributed by atoms with van der Waals surface area (Å²) < 4.78 is 15.9. The van der Waals surface area contributed by atoms with Gasteiger partial charge >= 0.3 is 12.0 Å². The number of nitrogens with one attached hydrogen (secondary N) is 1. The summed E-state index contributed by atoms with van der Waals surface area (Å²) in [5, 5.41) is 10.0. The number of ether oxygens (including phenoxy) is 2. The molecule has 1 N–H and O–H groups in total. The van der Waals surface area contributed by atoms with Crippen LogP contribution in [0.4, 0.5) is 6.01 Å². The van der Waals surface area contributed by atoms with Crippen molar-refractivity contribution < 1.29 is 23.5 Å². The van der Waals surface area contributed by atoms with Crippen LogP contribution in [0.25, 0.3) is 11.5 Å². The van der Waals surface area contributed by atoms with Crippen molar-refractivity contribution in [3.05, 3.63) is 60.2 Å². The molecule has 30 heavy (non-hydrogen) atoms. The van der Waals surface area contributed by atoms with Gasteiger partial charge < -0.3 is 13.9 Å². The molecule has 0 fully saturated rings. The van der Waals surface area contributed by atoms with Crippen molar-refractivity contribution in [2.24, 2.45) is 0 Å². The number of amides is 1. The number of hydrogen-bond donors (Lipinski definition) is 1. The van der Waals surface area contributed by atoms with Crippen molar-refractivity contribution in [1.29, 1.82) is 0 Å². The average Bonchev–Trinajstić information content (AvgIpc) is 3.19. The quantitative estimate of drug-likeness (QED) is 0.595. The van der Waals surface area contributed by atoms with Gasteiger partial charge in [0.15, 0.2) is 13.2 Å². The molecule has 2 aromatic carbocycles. The van der Waals surface area contributed by atoms with Crippen LogP contribution in [0.5, 0.6) is 5.75 Å². The Balaban J connectivity index is 1.47. The van der Waals surface area contributed by atoms with Gasteiger partial charge in [0.25, 0.3) is 5.91 Å². The highest BCUT2D eigenvalue weighted by Gasteiger charge is 2.19. The normalized spacial score (nSPS) is 11.0. The maximum absolute atomic E-state index is 12.0. The highest BCUT2D eigenvalue weighted by molar-refractivity contribution is 5.91. The molecule has 0 bridgehead atoms. The predicted molar refractivity (Wildman–Crippen MR) is 110 cm³/mol. The van der Waals surface area contributed by atoms with Crippen molar-refractivity contribution in [2.45, 2.75) is 26.2 Å². The predicted octanol–water partition coefficient (Wildman–Crippen LogP) is 3.59. The summed E-state index contributed by atoms with van der Waals surface area (Å²) >= 11 is 0. The number of carbonyl (C=O) groups excluding carboxylic acids is 2. The van der Waals surface area contributed by atoms with E-state index in [0.29, 0.717) is 5.75 Å². The molecule has 1 aromatic heterocycles. The van der Waals surface area contributed by atoms with Crippen LogP contribution < -0.4 is 10.1 Å². The first kappa shape index (κ1) is 21.0. The first-order valence-electron chi connectivity index (χ1n) is 9.39. The fourth-order valence-electron chi connectivity index (χ4n) is 2.66. The molecular formula is C22H23N3O5. The minimum Gasteiger partial charge on any atom is -0.482 e. The number of carbonyl (C=O) groups is 2. The van der Waals surface area contributed by atoms with Gasteiger partial charge in [-0.1, -0.05) is 62.3 Å². The summed E-state index contributed by atoms with van der Waals surface area (Å²) in [6, 6.07) is 16.5. The van der Waals surface area contributed by atoms with E-state index in [4.69, 9.17) is 13.9 Å². The maximum Gasteiger partial charge on any atom is 0.344 e. The Labute approximate surface area is 174 Å². The molecule has 0 saturated carbocycles. The summed E-state index contributed by atoms with van der Waals surface area (Å²) in [4.78, 5) is 23.9. The van der Waals surface area contributed by atoms with Crippen LogP contribution in [0.2, 0.25) is 0 Å². The Hall–Kier alpha value is -3.68. The van der Waals surface area contributed by atoms with Crippen molar-refractivity contribution in [1.82, 2.24) is 10.2 Å². The van der Waals surface area contributed by atoms with Crippen molar-refractivity contribution in [2.75, 3.05) is 18.5 Å². The average molecular weight is 409 g/mol. The Bertz CT molecular complexity index is 1010. The lowest BCUT2D eigenvalue weighted by Gasteiger charge is -2.22. The smallest absolute Gasteiger partial charge is 0.344 e. The third-order valence-electron chi connectivity index (χ3n) is 4.10. The van der Waals surface area contributed by atoms with Crippen LogP contribution >= 0.6 is 0 Å². The van der Waals surface area contributed by atoms with E-state index in [1.54, 1.807) is 18.2 Å². The van der Waals surface area contributed by atoms with Crippen LogP contribution in [0.15, 0.2) is 59.0 Å². The highest BCUT2D eigenvalue weighted by Crippen LogP contribution is 2.30. The molecule has 0 spiro atoms. The zero-order valence-corrected chi connectivity index (χ0v) is 17.0. The van der Waals surface area contributed by atoms with Gasteiger partial charge in [0.2, 0.25) is 5.89 Å². The monoisotopic (exact) mass is 409 g/mol. The summed E-state index contributed by atoms with van der Waals surface area (Å²) in [6.07, 6.45) is 0. The third-order valence-corrected chi connectivity index (χ3v) is 4.10. The lowest BCUT2D eigenvalue weighted by Crippen LogP contribution is -2.24. The zero-order valence-electron chi connectivity index (χ0n) is 17.0. The van der Waals surface area contributed by atoms with Crippen molar-refractivity contribution >= 4 is 17.9 Å². The van der Waals surface area contributed by atoms with Gasteiger partial charge in [-0.15, -0.1) is 5.10 Å². The van der Waals surface area contributed by atoms with E-state index in [9.17, 15) is 9.59 Å². The Morgan fingerprint density at radius 1 is 0.967 bits per heavy atom. The number of benzene rings is 2. The van der Waals surface area contributed by atoms with E-state index < -0.39 is 18.5 Å². The lowest BCUT2D eigenvalue weighted by molar-refractivity contribution is -0.149. The Morgan fingerprint density at radius 2 is 1.67 bits per heavy atom. The number of para-hydroxylation sites is 1. The van der Waals surface area contributed by atoms with Crippen molar-refractivity contribution in [3.8, 4) is 17.2 Å². The van der Waals surface area contributed by atoms with Crippen LogP contribution in [0.3, 0.4) is 0 Å². The molecule has 0 atom stereocenters. The fourth-order valence-corrected chi connectivity index (χ4v) is 2.66. The van der Waals surface area contributed by atoms with Crippen molar-refractivity contribution in [3.63, 3.8) is 0 Å². The van der Waals surface area contributed by atoms with Crippen LogP contribution in [0.1, 0.15) is 26.3 Å². The maximum atomic E-state index is 12.0. The number of hydrogen-bond acceptors (Lipinski definition) is 7. The molecule has 8 heteroatoms. The molecule has 0 aliphatic rings.